The molecule has 18 heavy (non-hydrogen) atoms. The van der Waals surface area contributed by atoms with Crippen molar-refractivity contribution in [1.82, 2.24) is 5.32 Å². The minimum Gasteiger partial charge on any atom is -0.324 e. The van der Waals surface area contributed by atoms with Gasteiger partial charge >= 0.3 is 0 Å². The zero-order valence-electron chi connectivity index (χ0n) is 11.9. The number of benzene rings is 1. The molecule has 0 saturated carbocycles. The summed E-state index contributed by atoms with van der Waals surface area (Å²) in [6.45, 7) is 5.50. The molecule has 3 N–H and O–H groups in total. The topological polar surface area (TPSA) is 38.0 Å². The molecule has 2 heteroatoms. The summed E-state index contributed by atoms with van der Waals surface area (Å²) in [5.74, 6) is 1.09. The molecule has 0 fully saturated rings. The Morgan fingerprint density at radius 3 is 2.61 bits per heavy atom. The van der Waals surface area contributed by atoms with Crippen LogP contribution >= 0.6 is 0 Å². The summed E-state index contributed by atoms with van der Waals surface area (Å²) in [6.07, 6.45) is 3.78. The molecule has 0 saturated heterocycles. The number of nitrogens with one attached hydrogen (secondary N) is 1. The van der Waals surface area contributed by atoms with Crippen LogP contribution in [0.2, 0.25) is 0 Å². The van der Waals surface area contributed by atoms with Crippen molar-refractivity contribution < 1.29 is 0 Å². The molecule has 1 aliphatic carbocycles. The molecule has 0 radical (unpaired) electrons. The predicted octanol–water partition coefficient (Wildman–Crippen LogP) is 2.67. The molecule has 0 aromatic heterocycles. The summed E-state index contributed by atoms with van der Waals surface area (Å²) in [5.41, 5.74) is 10.8. The fraction of sp³-hybridized carbons (Fsp3) is 0.625. The van der Waals surface area contributed by atoms with E-state index < -0.39 is 0 Å². The highest BCUT2D eigenvalue weighted by Gasteiger charge is 2.23. The van der Waals surface area contributed by atoms with Gasteiger partial charge in [0.05, 0.1) is 0 Å². The Bertz CT molecular complexity index is 398. The predicted molar refractivity (Wildman–Crippen MR) is 77.7 cm³/mol. The second-order valence-electron chi connectivity index (χ2n) is 5.87. The van der Waals surface area contributed by atoms with E-state index in [-0.39, 0.29) is 6.04 Å². The number of aryl methyl sites for hydroxylation is 2. The quantitative estimate of drug-likeness (QED) is 0.838. The van der Waals surface area contributed by atoms with Crippen LogP contribution in [-0.2, 0) is 12.8 Å². The Morgan fingerprint density at radius 1 is 1.22 bits per heavy atom. The first-order chi connectivity index (χ1) is 8.63. The highest BCUT2D eigenvalue weighted by Crippen LogP contribution is 2.29. The summed E-state index contributed by atoms with van der Waals surface area (Å²) in [7, 11) is 2.00. The van der Waals surface area contributed by atoms with Gasteiger partial charge in [-0.25, -0.2) is 0 Å². The maximum Gasteiger partial charge on any atom is 0.0338 e. The smallest absolute Gasteiger partial charge is 0.0338 e. The molecule has 0 spiro atoms. The molecular formula is C16H26N2. The van der Waals surface area contributed by atoms with Crippen molar-refractivity contribution >= 4 is 0 Å². The standard InChI is InChI=1S/C16H26N2/c1-11(2)15(10-18-3)16(17)14-8-7-12-5-4-6-13(12)9-14/h7-9,11,15-16,18H,4-6,10,17H2,1-3H3. The lowest BCUT2D eigenvalue weighted by atomic mass is 9.84. The number of fused-ring (bicyclic) bond motifs is 1. The van der Waals surface area contributed by atoms with Gasteiger partial charge in [-0.15, -0.1) is 0 Å². The highest BCUT2D eigenvalue weighted by atomic mass is 14.8. The van der Waals surface area contributed by atoms with Gasteiger partial charge in [0, 0.05) is 6.04 Å². The van der Waals surface area contributed by atoms with Gasteiger partial charge in [0.1, 0.15) is 0 Å². The Hall–Kier alpha value is -0.860. The van der Waals surface area contributed by atoms with E-state index in [1.807, 2.05) is 7.05 Å². The van der Waals surface area contributed by atoms with E-state index in [0.29, 0.717) is 11.8 Å². The van der Waals surface area contributed by atoms with Crippen molar-refractivity contribution in [3.63, 3.8) is 0 Å². The van der Waals surface area contributed by atoms with Gasteiger partial charge < -0.3 is 11.1 Å². The monoisotopic (exact) mass is 246 g/mol. The normalized spacial score (nSPS) is 17.8. The molecule has 0 amide bonds. The van der Waals surface area contributed by atoms with Crippen LogP contribution in [0.4, 0.5) is 0 Å². The highest BCUT2D eigenvalue weighted by molar-refractivity contribution is 5.36. The molecule has 1 aromatic carbocycles. The number of nitrogens with two attached hydrogens (primary N) is 1. The zero-order chi connectivity index (χ0) is 13.1. The first kappa shape index (κ1) is 13.6. The van der Waals surface area contributed by atoms with E-state index in [9.17, 15) is 0 Å². The summed E-state index contributed by atoms with van der Waals surface area (Å²) in [4.78, 5) is 0. The van der Waals surface area contributed by atoms with Crippen LogP contribution in [0.5, 0.6) is 0 Å². The van der Waals surface area contributed by atoms with Gasteiger partial charge in [0.25, 0.3) is 0 Å². The van der Waals surface area contributed by atoms with Crippen molar-refractivity contribution in [3.05, 3.63) is 34.9 Å². The van der Waals surface area contributed by atoms with Crippen LogP contribution in [-0.4, -0.2) is 13.6 Å². The second kappa shape index (κ2) is 5.85. The van der Waals surface area contributed by atoms with Crippen LogP contribution in [0.25, 0.3) is 0 Å². The third-order valence-corrected chi connectivity index (χ3v) is 4.26. The zero-order valence-corrected chi connectivity index (χ0v) is 11.9. The molecule has 1 aromatic rings. The third-order valence-electron chi connectivity index (χ3n) is 4.26. The van der Waals surface area contributed by atoms with Crippen LogP contribution in [0, 0.1) is 11.8 Å². The molecule has 2 nitrogen and oxygen atoms in total. The van der Waals surface area contributed by atoms with E-state index in [4.69, 9.17) is 5.73 Å². The van der Waals surface area contributed by atoms with Gasteiger partial charge in [0.2, 0.25) is 0 Å². The van der Waals surface area contributed by atoms with Crippen LogP contribution in [0.1, 0.15) is 43.0 Å². The van der Waals surface area contributed by atoms with Gasteiger partial charge in [-0.05, 0) is 61.4 Å². The third kappa shape index (κ3) is 2.76. The lowest BCUT2D eigenvalue weighted by Crippen LogP contribution is -2.33. The fourth-order valence-corrected chi connectivity index (χ4v) is 3.06. The van der Waals surface area contributed by atoms with Gasteiger partial charge in [-0.1, -0.05) is 32.0 Å². The Balaban J connectivity index is 2.19. The first-order valence-electron chi connectivity index (χ1n) is 7.15. The van der Waals surface area contributed by atoms with Gasteiger partial charge in [-0.3, -0.25) is 0 Å². The van der Waals surface area contributed by atoms with Crippen molar-refractivity contribution in [2.45, 2.75) is 39.2 Å². The molecular weight excluding hydrogens is 220 g/mol. The van der Waals surface area contributed by atoms with Crippen LogP contribution in [0.15, 0.2) is 18.2 Å². The van der Waals surface area contributed by atoms with Crippen molar-refractivity contribution in [2.75, 3.05) is 13.6 Å². The van der Waals surface area contributed by atoms with E-state index in [1.54, 1.807) is 0 Å². The Morgan fingerprint density at radius 2 is 1.94 bits per heavy atom. The van der Waals surface area contributed by atoms with Crippen molar-refractivity contribution in [1.29, 1.82) is 0 Å². The summed E-state index contributed by atoms with van der Waals surface area (Å²) >= 11 is 0. The van der Waals surface area contributed by atoms with Gasteiger partial charge in [-0.2, -0.15) is 0 Å². The van der Waals surface area contributed by atoms with Crippen LogP contribution in [0.3, 0.4) is 0 Å². The maximum atomic E-state index is 6.48. The molecule has 100 valence electrons. The van der Waals surface area contributed by atoms with Crippen LogP contribution < -0.4 is 11.1 Å². The van der Waals surface area contributed by atoms with E-state index in [0.717, 1.165) is 6.54 Å². The molecule has 0 heterocycles. The summed E-state index contributed by atoms with van der Waals surface area (Å²) in [6, 6.07) is 7.01. The second-order valence-corrected chi connectivity index (χ2v) is 5.87. The van der Waals surface area contributed by atoms with Gasteiger partial charge in [0.15, 0.2) is 0 Å². The minimum atomic E-state index is 0.142. The number of hydrogen-bond acceptors (Lipinski definition) is 2. The molecule has 0 bridgehead atoms. The van der Waals surface area contributed by atoms with Crippen molar-refractivity contribution in [3.8, 4) is 0 Å². The van der Waals surface area contributed by atoms with Crippen molar-refractivity contribution in [2.24, 2.45) is 17.6 Å². The SMILES string of the molecule is CNCC(C(C)C)C(N)c1ccc2c(c1)CCC2. The minimum absolute atomic E-state index is 0.142. The molecule has 0 aliphatic heterocycles. The molecule has 2 rings (SSSR count). The fourth-order valence-electron chi connectivity index (χ4n) is 3.06. The van der Waals surface area contributed by atoms with E-state index in [2.05, 4.69) is 37.4 Å². The Labute approximate surface area is 111 Å². The lowest BCUT2D eigenvalue weighted by molar-refractivity contribution is 0.314. The number of hydrogen-bond donors (Lipinski definition) is 2. The molecule has 2 atom stereocenters. The van der Waals surface area contributed by atoms with E-state index >= 15 is 0 Å². The number of rotatable bonds is 5. The molecule has 1 aliphatic rings. The average Bonchev–Trinajstić information content (AvgIpc) is 2.81. The van der Waals surface area contributed by atoms with E-state index in [1.165, 1.54) is 36.0 Å². The maximum absolute atomic E-state index is 6.48. The lowest BCUT2D eigenvalue weighted by Gasteiger charge is -2.28. The Kier molecular flexibility index (Phi) is 4.41. The molecule has 2 unspecified atom stereocenters. The average molecular weight is 246 g/mol. The largest absolute Gasteiger partial charge is 0.324 e. The first-order valence-corrected chi connectivity index (χ1v) is 7.15. The summed E-state index contributed by atoms with van der Waals surface area (Å²) < 4.78 is 0. The summed E-state index contributed by atoms with van der Waals surface area (Å²) in [5, 5.41) is 3.27.